The lowest BCUT2D eigenvalue weighted by Crippen LogP contribution is -2.03. The number of hydrogen-bond acceptors (Lipinski definition) is 6. The van der Waals surface area contributed by atoms with Gasteiger partial charge in [0, 0.05) is 35.5 Å². The lowest BCUT2D eigenvalue weighted by atomic mass is 10.0. The molecule has 30 heavy (non-hydrogen) atoms. The number of anilines is 1. The van der Waals surface area contributed by atoms with Gasteiger partial charge in [0.2, 0.25) is 6.79 Å². The summed E-state index contributed by atoms with van der Waals surface area (Å²) in [5.41, 5.74) is 4.78. The highest BCUT2D eigenvalue weighted by Gasteiger charge is 2.14. The summed E-state index contributed by atoms with van der Waals surface area (Å²) in [4.78, 5) is 9.38. The maximum Gasteiger partial charge on any atom is 0.231 e. The number of para-hydroxylation sites is 1. The van der Waals surface area contributed by atoms with Crippen LogP contribution in [-0.2, 0) is 6.54 Å². The first kappa shape index (κ1) is 16.8. The number of nitrogens with one attached hydrogen (secondary N) is 1. The molecule has 0 atom stereocenters. The van der Waals surface area contributed by atoms with Crippen LogP contribution in [0, 0.1) is 0 Å². The lowest BCUT2D eigenvalue weighted by Gasteiger charge is -2.08. The van der Waals surface area contributed by atoms with E-state index in [0.717, 1.165) is 50.6 Å². The van der Waals surface area contributed by atoms with Crippen LogP contribution in [-0.4, -0.2) is 26.4 Å². The van der Waals surface area contributed by atoms with E-state index in [1.165, 1.54) is 0 Å². The molecule has 0 aliphatic carbocycles. The molecule has 0 bridgehead atoms. The molecule has 4 heterocycles. The summed E-state index contributed by atoms with van der Waals surface area (Å²) in [6.07, 6.45) is 5.56. The van der Waals surface area contributed by atoms with Crippen molar-refractivity contribution in [2.75, 3.05) is 12.1 Å². The zero-order chi connectivity index (χ0) is 19.9. The van der Waals surface area contributed by atoms with Gasteiger partial charge in [0.1, 0.15) is 5.82 Å². The maximum atomic E-state index is 5.46. The molecule has 5 aromatic rings. The van der Waals surface area contributed by atoms with Crippen LogP contribution in [0.4, 0.5) is 5.82 Å². The van der Waals surface area contributed by atoms with Crippen LogP contribution in [0.15, 0.2) is 73.2 Å². The Bertz CT molecular complexity index is 1390. The van der Waals surface area contributed by atoms with Crippen molar-refractivity contribution in [3.05, 3.63) is 78.8 Å². The van der Waals surface area contributed by atoms with Gasteiger partial charge in [0.25, 0.3) is 0 Å². The molecule has 0 radical (unpaired) electrons. The first-order valence-electron chi connectivity index (χ1n) is 9.66. The van der Waals surface area contributed by atoms with E-state index in [1.54, 1.807) is 4.52 Å². The number of pyridine rings is 1. The van der Waals surface area contributed by atoms with Crippen molar-refractivity contribution in [1.82, 2.24) is 19.6 Å². The standard InChI is InChI=1S/C23H17N5O2/c1-3-16-4-2-9-24-22(16)17(5-1)18-13-26-28-10-8-21(27-23(18)28)25-12-15-6-7-19-20(11-15)30-14-29-19/h1-11,13H,12,14H2,(H,25,27). The zero-order valence-electron chi connectivity index (χ0n) is 15.9. The molecular formula is C23H17N5O2. The van der Waals surface area contributed by atoms with Gasteiger partial charge in [-0.2, -0.15) is 5.10 Å². The Morgan fingerprint density at radius 3 is 2.90 bits per heavy atom. The van der Waals surface area contributed by atoms with E-state index in [2.05, 4.69) is 33.6 Å². The van der Waals surface area contributed by atoms with Crippen molar-refractivity contribution in [2.24, 2.45) is 0 Å². The van der Waals surface area contributed by atoms with Gasteiger partial charge in [0.05, 0.1) is 11.7 Å². The molecule has 1 N–H and O–H groups in total. The van der Waals surface area contributed by atoms with E-state index in [9.17, 15) is 0 Å². The van der Waals surface area contributed by atoms with E-state index in [-0.39, 0.29) is 6.79 Å². The van der Waals surface area contributed by atoms with Crippen molar-refractivity contribution >= 4 is 22.4 Å². The third kappa shape index (κ3) is 2.79. The molecular weight excluding hydrogens is 378 g/mol. The fourth-order valence-corrected chi connectivity index (χ4v) is 3.72. The highest BCUT2D eigenvalue weighted by Crippen LogP contribution is 2.33. The second kappa shape index (κ2) is 6.73. The molecule has 1 aliphatic rings. The number of nitrogens with zero attached hydrogens (tertiary/aromatic N) is 4. The largest absolute Gasteiger partial charge is 0.454 e. The predicted molar refractivity (Wildman–Crippen MR) is 114 cm³/mol. The van der Waals surface area contributed by atoms with Crippen LogP contribution in [0.3, 0.4) is 0 Å². The van der Waals surface area contributed by atoms with Crippen LogP contribution in [0.2, 0.25) is 0 Å². The predicted octanol–water partition coefficient (Wildman–Crippen LogP) is 4.29. The molecule has 0 saturated carbocycles. The number of hydrogen-bond donors (Lipinski definition) is 1. The third-order valence-corrected chi connectivity index (χ3v) is 5.20. The van der Waals surface area contributed by atoms with Gasteiger partial charge in [-0.05, 0) is 29.8 Å². The second-order valence-electron chi connectivity index (χ2n) is 7.06. The summed E-state index contributed by atoms with van der Waals surface area (Å²) in [5.74, 6) is 2.33. The number of aromatic nitrogens is 4. The fourth-order valence-electron chi connectivity index (χ4n) is 3.72. The first-order valence-corrected chi connectivity index (χ1v) is 9.66. The molecule has 3 aromatic heterocycles. The minimum Gasteiger partial charge on any atom is -0.454 e. The summed E-state index contributed by atoms with van der Waals surface area (Å²) in [7, 11) is 0. The lowest BCUT2D eigenvalue weighted by molar-refractivity contribution is 0.174. The smallest absolute Gasteiger partial charge is 0.231 e. The van der Waals surface area contributed by atoms with Crippen molar-refractivity contribution < 1.29 is 9.47 Å². The van der Waals surface area contributed by atoms with Gasteiger partial charge >= 0.3 is 0 Å². The molecule has 0 unspecified atom stereocenters. The Hall–Kier alpha value is -4.13. The molecule has 0 fully saturated rings. The van der Waals surface area contributed by atoms with E-state index >= 15 is 0 Å². The number of fused-ring (bicyclic) bond motifs is 3. The van der Waals surface area contributed by atoms with Crippen LogP contribution in [0.25, 0.3) is 27.7 Å². The van der Waals surface area contributed by atoms with Crippen LogP contribution in [0.5, 0.6) is 11.5 Å². The van der Waals surface area contributed by atoms with Gasteiger partial charge in [-0.25, -0.2) is 9.50 Å². The Kier molecular flexibility index (Phi) is 3.77. The summed E-state index contributed by atoms with van der Waals surface area (Å²) in [6.45, 7) is 0.899. The van der Waals surface area contributed by atoms with Gasteiger partial charge in [-0.15, -0.1) is 0 Å². The molecule has 7 heteroatoms. The highest BCUT2D eigenvalue weighted by atomic mass is 16.7. The number of ether oxygens (including phenoxy) is 2. The van der Waals surface area contributed by atoms with Crippen molar-refractivity contribution in [3.8, 4) is 22.6 Å². The number of rotatable bonds is 4. The Labute approximate surface area is 171 Å². The molecule has 146 valence electrons. The Morgan fingerprint density at radius 2 is 1.90 bits per heavy atom. The monoisotopic (exact) mass is 395 g/mol. The topological polar surface area (TPSA) is 73.6 Å². The van der Waals surface area contributed by atoms with Crippen molar-refractivity contribution in [3.63, 3.8) is 0 Å². The van der Waals surface area contributed by atoms with E-state index in [1.807, 2.05) is 55.0 Å². The van der Waals surface area contributed by atoms with Crippen LogP contribution < -0.4 is 14.8 Å². The second-order valence-corrected chi connectivity index (χ2v) is 7.06. The fraction of sp³-hybridized carbons (Fsp3) is 0.0870. The summed E-state index contributed by atoms with van der Waals surface area (Å²) in [5, 5.41) is 8.94. The first-order chi connectivity index (χ1) is 14.8. The van der Waals surface area contributed by atoms with Crippen molar-refractivity contribution in [2.45, 2.75) is 6.54 Å². The van der Waals surface area contributed by atoms with Gasteiger partial charge in [-0.1, -0.05) is 30.3 Å². The number of benzene rings is 2. The molecule has 7 nitrogen and oxygen atoms in total. The summed E-state index contributed by atoms with van der Waals surface area (Å²) < 4.78 is 12.6. The van der Waals surface area contributed by atoms with Gasteiger partial charge in [0.15, 0.2) is 17.1 Å². The molecule has 0 spiro atoms. The minimum absolute atomic E-state index is 0.275. The zero-order valence-corrected chi connectivity index (χ0v) is 15.9. The Balaban J connectivity index is 1.34. The van der Waals surface area contributed by atoms with Gasteiger partial charge in [-0.3, -0.25) is 4.98 Å². The van der Waals surface area contributed by atoms with Crippen LogP contribution in [0.1, 0.15) is 5.56 Å². The molecule has 1 aliphatic heterocycles. The summed E-state index contributed by atoms with van der Waals surface area (Å²) in [6, 6.07) is 18.0. The Morgan fingerprint density at radius 1 is 0.967 bits per heavy atom. The van der Waals surface area contributed by atoms with Crippen molar-refractivity contribution in [1.29, 1.82) is 0 Å². The molecule has 2 aromatic carbocycles. The van der Waals surface area contributed by atoms with E-state index in [0.29, 0.717) is 6.54 Å². The average molecular weight is 395 g/mol. The quantitative estimate of drug-likeness (QED) is 0.490. The normalized spacial score (nSPS) is 12.5. The highest BCUT2D eigenvalue weighted by molar-refractivity contribution is 5.96. The van der Waals surface area contributed by atoms with Gasteiger partial charge < -0.3 is 14.8 Å². The average Bonchev–Trinajstić information content (AvgIpc) is 3.43. The van der Waals surface area contributed by atoms with E-state index in [4.69, 9.17) is 14.5 Å². The van der Waals surface area contributed by atoms with E-state index < -0.39 is 0 Å². The molecule has 6 rings (SSSR count). The summed E-state index contributed by atoms with van der Waals surface area (Å²) >= 11 is 0. The molecule has 0 amide bonds. The maximum absolute atomic E-state index is 5.46. The van der Waals surface area contributed by atoms with Crippen LogP contribution >= 0.6 is 0 Å². The third-order valence-electron chi connectivity index (χ3n) is 5.20. The molecule has 0 saturated heterocycles. The SMILES string of the molecule is c1cnc2c(-c3cnn4ccc(NCc5ccc6c(c5)OCO6)nc34)cccc2c1. The minimum atomic E-state index is 0.275.